The number of carbonyl (C=O) groups is 2. The molecule has 2 aliphatic rings. The number of hydrogen-bond acceptors (Lipinski definition) is 8. The van der Waals surface area contributed by atoms with Crippen molar-refractivity contribution in [2.75, 3.05) is 4.90 Å². The van der Waals surface area contributed by atoms with Crippen LogP contribution in [0.1, 0.15) is 46.4 Å². The number of aromatic nitrogens is 4. The molecule has 3 aromatic carbocycles. The molecule has 5 aromatic rings. The van der Waals surface area contributed by atoms with Crippen molar-refractivity contribution >= 4 is 34.9 Å². The molecule has 0 spiro atoms. The summed E-state index contributed by atoms with van der Waals surface area (Å²) in [4.78, 5) is 42.3. The Balaban J connectivity index is 1.28. The molecule has 4 heterocycles. The first-order valence-corrected chi connectivity index (χ1v) is 14.3. The smallest absolute Gasteiger partial charge is 0.266 e. The van der Waals surface area contributed by atoms with Gasteiger partial charge in [0.2, 0.25) is 0 Å². The molecule has 4 atom stereocenters. The summed E-state index contributed by atoms with van der Waals surface area (Å²) in [5, 5.41) is 0. The summed E-state index contributed by atoms with van der Waals surface area (Å²) in [7, 11) is 0. The Kier molecular flexibility index (Phi) is 7.09. The first-order chi connectivity index (χ1) is 21.4. The third-order valence-corrected chi connectivity index (χ3v) is 7.62. The zero-order valence-corrected chi connectivity index (χ0v) is 24.1. The van der Waals surface area contributed by atoms with E-state index in [9.17, 15) is 9.59 Å². The van der Waals surface area contributed by atoms with Crippen LogP contribution in [0, 0.1) is 0 Å². The highest BCUT2D eigenvalue weighted by atomic mass is 16.8. The molecule has 220 valence electrons. The number of amides is 2. The van der Waals surface area contributed by atoms with Crippen LogP contribution in [0.3, 0.4) is 0 Å². The first-order valence-electron chi connectivity index (χ1n) is 14.3. The van der Waals surface area contributed by atoms with Gasteiger partial charge in [0.25, 0.3) is 11.8 Å². The van der Waals surface area contributed by atoms with Crippen LogP contribution in [-0.2, 0) is 14.2 Å². The molecule has 2 amide bonds. The van der Waals surface area contributed by atoms with Crippen LogP contribution >= 0.6 is 0 Å². The van der Waals surface area contributed by atoms with Crippen molar-refractivity contribution in [1.29, 1.82) is 0 Å². The molecule has 0 saturated carbocycles. The van der Waals surface area contributed by atoms with Gasteiger partial charge < -0.3 is 14.2 Å². The molecule has 2 aromatic heterocycles. The quantitative estimate of drug-likeness (QED) is 0.242. The molecule has 2 fully saturated rings. The Morgan fingerprint density at radius 3 is 2.02 bits per heavy atom. The molecule has 0 bridgehead atoms. The number of anilines is 1. The molecule has 0 aliphatic carbocycles. The summed E-state index contributed by atoms with van der Waals surface area (Å²) in [6, 6.07) is 27.1. The third kappa shape index (κ3) is 5.09. The molecule has 2 aliphatic heterocycles. The molecular weight excluding hydrogens is 558 g/mol. The van der Waals surface area contributed by atoms with E-state index in [2.05, 4.69) is 15.0 Å². The van der Waals surface area contributed by atoms with E-state index in [0.29, 0.717) is 16.8 Å². The number of carbonyl (C=O) groups excluding carboxylic acids is 2. The number of imide groups is 1. The van der Waals surface area contributed by atoms with Gasteiger partial charge in [0.05, 0.1) is 6.33 Å². The van der Waals surface area contributed by atoms with Gasteiger partial charge in [-0.1, -0.05) is 78.9 Å². The lowest BCUT2D eigenvalue weighted by atomic mass is 10.1. The van der Waals surface area contributed by atoms with Gasteiger partial charge in [-0.15, -0.1) is 0 Å². The molecule has 2 saturated heterocycles. The molecule has 10 nitrogen and oxygen atoms in total. The molecule has 10 heteroatoms. The highest BCUT2D eigenvalue weighted by Crippen LogP contribution is 2.44. The maximum Gasteiger partial charge on any atom is 0.266 e. The van der Waals surface area contributed by atoms with Gasteiger partial charge in [-0.3, -0.25) is 14.2 Å². The number of nitrogens with zero attached hydrogens (tertiary/aromatic N) is 5. The van der Waals surface area contributed by atoms with E-state index in [1.54, 1.807) is 71.6 Å². The zero-order chi connectivity index (χ0) is 30.3. The minimum Gasteiger partial charge on any atom is -0.345 e. The van der Waals surface area contributed by atoms with Crippen LogP contribution in [0.25, 0.3) is 17.2 Å². The second-order valence-electron chi connectivity index (χ2n) is 11.0. The standard InChI is InChI=1S/C34H29N5O5/c1-34(2)43-27-25(19-18-22-12-6-3-7-13-22)42-33(28(27)44-34)38-21-37-26-29(38)35-20-36-30(26)39(31(40)23-14-8-4-9-15-23)32(41)24-16-10-5-11-17-24/h3-21,25,27-28,33H,1-2H3/b19-18+/t25-,27-,28-,33-/m1/s1. The number of benzene rings is 3. The van der Waals surface area contributed by atoms with Crippen LogP contribution in [0.15, 0.2) is 110 Å². The fraction of sp³-hybridized carbons (Fsp3) is 0.206. The second-order valence-corrected chi connectivity index (χ2v) is 11.0. The van der Waals surface area contributed by atoms with E-state index in [1.165, 1.54) is 6.33 Å². The van der Waals surface area contributed by atoms with Gasteiger partial charge in [0.15, 0.2) is 29.0 Å². The van der Waals surface area contributed by atoms with E-state index < -0.39 is 36.0 Å². The lowest BCUT2D eigenvalue weighted by Gasteiger charge is -2.24. The van der Waals surface area contributed by atoms with Gasteiger partial charge in [0, 0.05) is 11.1 Å². The summed E-state index contributed by atoms with van der Waals surface area (Å²) in [5.41, 5.74) is 2.34. The largest absolute Gasteiger partial charge is 0.345 e. The van der Waals surface area contributed by atoms with Crippen molar-refractivity contribution in [1.82, 2.24) is 19.5 Å². The number of rotatable bonds is 6. The van der Waals surface area contributed by atoms with Crippen LogP contribution in [0.2, 0.25) is 0 Å². The fourth-order valence-corrected chi connectivity index (χ4v) is 5.65. The third-order valence-electron chi connectivity index (χ3n) is 7.62. The maximum atomic E-state index is 13.9. The fourth-order valence-electron chi connectivity index (χ4n) is 5.65. The van der Waals surface area contributed by atoms with Gasteiger partial charge in [-0.05, 0) is 43.7 Å². The van der Waals surface area contributed by atoms with E-state index in [0.717, 1.165) is 10.5 Å². The molecular formula is C34H29N5O5. The SMILES string of the molecule is CC1(C)O[C@@H]2[C@H](O1)[C@@H](/C=C/c1ccccc1)O[C@H]2n1cnc2c(N(C(=O)c3ccccc3)C(=O)c3ccccc3)ncnc21. The number of hydrogen-bond donors (Lipinski definition) is 0. The van der Waals surface area contributed by atoms with Crippen LogP contribution in [0.4, 0.5) is 5.82 Å². The van der Waals surface area contributed by atoms with E-state index in [1.807, 2.05) is 56.3 Å². The highest BCUT2D eigenvalue weighted by molar-refractivity contribution is 6.27. The zero-order valence-electron chi connectivity index (χ0n) is 24.1. The van der Waals surface area contributed by atoms with Gasteiger partial charge in [-0.2, -0.15) is 0 Å². The van der Waals surface area contributed by atoms with E-state index in [-0.39, 0.29) is 17.4 Å². The van der Waals surface area contributed by atoms with Crippen molar-refractivity contribution in [3.63, 3.8) is 0 Å². The summed E-state index contributed by atoms with van der Waals surface area (Å²) in [6.45, 7) is 3.74. The average Bonchev–Trinajstić information content (AvgIpc) is 3.72. The topological polar surface area (TPSA) is 109 Å². The van der Waals surface area contributed by atoms with Crippen molar-refractivity contribution in [2.24, 2.45) is 0 Å². The van der Waals surface area contributed by atoms with Crippen molar-refractivity contribution < 1.29 is 23.8 Å². The van der Waals surface area contributed by atoms with E-state index >= 15 is 0 Å². The summed E-state index contributed by atoms with van der Waals surface area (Å²) >= 11 is 0. The maximum absolute atomic E-state index is 13.9. The van der Waals surface area contributed by atoms with Crippen molar-refractivity contribution in [3.05, 3.63) is 126 Å². The van der Waals surface area contributed by atoms with Gasteiger partial charge >= 0.3 is 0 Å². The summed E-state index contributed by atoms with van der Waals surface area (Å²) < 4.78 is 20.8. The monoisotopic (exact) mass is 587 g/mol. The molecule has 7 rings (SSSR count). The Hall–Kier alpha value is -5.03. The number of ether oxygens (including phenoxy) is 3. The second kappa shape index (κ2) is 11.2. The van der Waals surface area contributed by atoms with Crippen LogP contribution < -0.4 is 4.90 Å². The lowest BCUT2D eigenvalue weighted by Crippen LogP contribution is -2.38. The van der Waals surface area contributed by atoms with Crippen LogP contribution in [-0.4, -0.2) is 55.4 Å². The highest BCUT2D eigenvalue weighted by Gasteiger charge is 2.55. The van der Waals surface area contributed by atoms with Gasteiger partial charge in [0.1, 0.15) is 24.6 Å². The minimum atomic E-state index is -0.826. The number of fused-ring (bicyclic) bond motifs is 2. The Morgan fingerprint density at radius 2 is 1.39 bits per heavy atom. The van der Waals surface area contributed by atoms with Crippen molar-refractivity contribution in [2.45, 2.75) is 44.2 Å². The molecule has 0 radical (unpaired) electrons. The predicted octanol–water partition coefficient (Wildman–Crippen LogP) is 5.44. The average molecular weight is 588 g/mol. The molecule has 44 heavy (non-hydrogen) atoms. The predicted molar refractivity (Wildman–Crippen MR) is 163 cm³/mol. The molecule has 0 N–H and O–H groups in total. The van der Waals surface area contributed by atoms with E-state index in [4.69, 9.17) is 14.2 Å². The number of imidazole rings is 1. The van der Waals surface area contributed by atoms with Crippen LogP contribution in [0.5, 0.6) is 0 Å². The normalized spacial score (nSPS) is 22.3. The lowest BCUT2D eigenvalue weighted by molar-refractivity contribution is -0.191. The summed E-state index contributed by atoms with van der Waals surface area (Å²) in [5.74, 6) is -1.83. The Bertz CT molecular complexity index is 1790. The minimum absolute atomic E-state index is 0.0652. The van der Waals surface area contributed by atoms with Gasteiger partial charge in [-0.25, -0.2) is 19.9 Å². The Morgan fingerprint density at radius 1 is 0.795 bits per heavy atom. The summed E-state index contributed by atoms with van der Waals surface area (Å²) in [6.07, 6.45) is 4.92. The van der Waals surface area contributed by atoms with Crippen molar-refractivity contribution in [3.8, 4) is 0 Å². The first kappa shape index (κ1) is 27.8. The molecule has 0 unspecified atom stereocenters. The Labute approximate surface area is 253 Å².